The van der Waals surface area contributed by atoms with Crippen LogP contribution in [0, 0.1) is 0 Å². The Morgan fingerprint density at radius 2 is 2.20 bits per heavy atom. The summed E-state index contributed by atoms with van der Waals surface area (Å²) in [5.74, 6) is 0. The van der Waals surface area contributed by atoms with E-state index < -0.39 is 6.36 Å². The second kappa shape index (κ2) is 2.95. The van der Waals surface area contributed by atoms with Gasteiger partial charge in [0.05, 0.1) is 0 Å². The van der Waals surface area contributed by atoms with Gasteiger partial charge in [-0.25, -0.2) is 0 Å². The minimum atomic E-state index is -1.46. The van der Waals surface area contributed by atoms with Gasteiger partial charge >= 0.3 is 6.36 Å². The van der Waals surface area contributed by atoms with E-state index in [1.807, 2.05) is 0 Å². The van der Waals surface area contributed by atoms with Gasteiger partial charge in [0.15, 0.2) is 0 Å². The van der Waals surface area contributed by atoms with Gasteiger partial charge in [-0.05, 0) is 4.57 Å². The second-order valence-electron chi connectivity index (χ2n) is 0.395. The third-order valence-electron chi connectivity index (χ3n) is 0.144. The summed E-state index contributed by atoms with van der Waals surface area (Å²) in [5, 5.41) is 0. The van der Waals surface area contributed by atoms with Crippen molar-refractivity contribution in [3.63, 3.8) is 0 Å². The summed E-state index contributed by atoms with van der Waals surface area (Å²) in [7, 11) is 0. The van der Waals surface area contributed by atoms with Crippen molar-refractivity contribution in [3.8, 4) is 0 Å². The van der Waals surface area contributed by atoms with Crippen LogP contribution in [0.1, 0.15) is 0 Å². The third-order valence-corrected chi connectivity index (χ3v) is 2.53. The molecule has 0 saturated carbocycles. The van der Waals surface area contributed by atoms with Gasteiger partial charge in [-0.1, -0.05) is 0 Å². The maximum atomic E-state index is 9.69. The maximum absolute atomic E-state index is 9.69. The van der Waals surface area contributed by atoms with Crippen molar-refractivity contribution in [2.24, 2.45) is 0 Å². The summed E-state index contributed by atoms with van der Waals surface area (Å²) in [6.07, 6.45) is 0.241. The van der Waals surface area contributed by atoms with Crippen LogP contribution in [-0.4, -0.2) is 6.26 Å². The monoisotopic (exact) mass is 129 g/mol. The van der Waals surface area contributed by atoms with E-state index in [-0.39, 0.29) is 0 Å². The van der Waals surface area contributed by atoms with Crippen LogP contribution in [0.3, 0.4) is 0 Å². The zero-order chi connectivity index (χ0) is 4.28. The fourth-order valence-electron chi connectivity index (χ4n) is 0. The minimum Gasteiger partial charge on any atom is -0.0361 e. The van der Waals surface area contributed by atoms with Crippen molar-refractivity contribution in [2.75, 3.05) is 6.26 Å². The summed E-state index contributed by atoms with van der Waals surface area (Å²) in [4.78, 5) is 0. The highest BCUT2D eigenvalue weighted by Crippen LogP contribution is 2.39. The molecule has 0 saturated heterocycles. The fraction of sp³-hybridized carbons (Fsp3) is 1.00. The van der Waals surface area contributed by atoms with Gasteiger partial charge in [0, 0.05) is 6.26 Å². The van der Waals surface area contributed by atoms with E-state index >= 15 is 0 Å². The number of hydrogen-bond donors (Lipinski definition) is 0. The predicted octanol–water partition coefficient (Wildman–Crippen LogP) is 2.25. The van der Waals surface area contributed by atoms with E-state index in [1.54, 1.807) is 6.26 Å². The SMILES string of the molecule is CS[P+](=O)Cl. The number of hydrogen-bond acceptors (Lipinski definition) is 2. The minimum absolute atomic E-state index is 1.15. The van der Waals surface area contributed by atoms with E-state index in [0.29, 0.717) is 0 Å². The van der Waals surface area contributed by atoms with Crippen LogP contribution in [0.25, 0.3) is 0 Å². The van der Waals surface area contributed by atoms with Gasteiger partial charge < -0.3 is 0 Å². The molecule has 5 heavy (non-hydrogen) atoms. The van der Waals surface area contributed by atoms with Crippen molar-refractivity contribution in [1.82, 2.24) is 0 Å². The molecule has 1 atom stereocenters. The van der Waals surface area contributed by atoms with Gasteiger partial charge in [0.1, 0.15) is 11.4 Å². The molecule has 1 nitrogen and oxygen atoms in total. The molecule has 0 N–H and O–H groups in total. The molecule has 0 aliphatic rings. The van der Waals surface area contributed by atoms with E-state index in [1.165, 1.54) is 0 Å². The second-order valence-corrected chi connectivity index (χ2v) is 4.80. The van der Waals surface area contributed by atoms with E-state index in [0.717, 1.165) is 11.4 Å². The molecule has 0 heterocycles. The van der Waals surface area contributed by atoms with Crippen LogP contribution in [0.4, 0.5) is 0 Å². The average molecular weight is 130 g/mol. The fourth-order valence-corrected chi connectivity index (χ4v) is 0. The Kier molecular flexibility index (Phi) is 3.39. The molecule has 30 valence electrons. The van der Waals surface area contributed by atoms with E-state index in [2.05, 4.69) is 0 Å². The first-order valence-corrected chi connectivity index (χ1v) is 4.94. The van der Waals surface area contributed by atoms with Gasteiger partial charge in [-0.15, -0.1) is 0 Å². The molecule has 0 radical (unpaired) electrons. The van der Waals surface area contributed by atoms with Crippen LogP contribution in [0.15, 0.2) is 0 Å². The molecule has 1 unspecified atom stereocenters. The Morgan fingerprint density at radius 3 is 2.20 bits per heavy atom. The molecule has 0 aromatic heterocycles. The lowest BCUT2D eigenvalue weighted by atomic mass is 12.0. The van der Waals surface area contributed by atoms with Crippen molar-refractivity contribution in [3.05, 3.63) is 0 Å². The first-order valence-electron chi connectivity index (χ1n) is 0.942. The van der Waals surface area contributed by atoms with Crippen LogP contribution in [0.2, 0.25) is 0 Å². The van der Waals surface area contributed by atoms with Crippen molar-refractivity contribution in [2.45, 2.75) is 0 Å². The van der Waals surface area contributed by atoms with Crippen LogP contribution in [-0.2, 0) is 4.57 Å². The first-order chi connectivity index (χ1) is 2.27. The predicted molar refractivity (Wildman–Crippen MR) is 27.0 cm³/mol. The van der Waals surface area contributed by atoms with Gasteiger partial charge in [-0.3, -0.25) is 0 Å². The largest absolute Gasteiger partial charge is 0.528 e. The van der Waals surface area contributed by atoms with Gasteiger partial charge in [0.2, 0.25) is 11.2 Å². The molecule has 0 fully saturated rings. The lowest BCUT2D eigenvalue weighted by molar-refractivity contribution is 0.603. The zero-order valence-corrected chi connectivity index (χ0v) is 5.11. The van der Waals surface area contributed by atoms with Crippen LogP contribution >= 0.6 is 29.0 Å². The number of rotatable bonds is 1. The Hall–Kier alpha value is 0.740. The molecule has 0 aromatic carbocycles. The maximum Gasteiger partial charge on any atom is 0.528 e. The molecule has 0 bridgehead atoms. The molecule has 0 spiro atoms. The van der Waals surface area contributed by atoms with Crippen molar-refractivity contribution in [1.29, 1.82) is 0 Å². The molecule has 0 aliphatic heterocycles. The van der Waals surface area contributed by atoms with Gasteiger partial charge in [0.25, 0.3) is 0 Å². The van der Waals surface area contributed by atoms with Crippen LogP contribution < -0.4 is 0 Å². The highest BCUT2D eigenvalue weighted by atomic mass is 35.7. The Labute approximate surface area is 40.4 Å². The van der Waals surface area contributed by atoms with Crippen LogP contribution in [0.5, 0.6) is 0 Å². The molecular formula is CH3ClOPS+. The molecule has 4 heteroatoms. The highest BCUT2D eigenvalue weighted by molar-refractivity contribution is 8.58. The Balaban J connectivity index is 2.85. The molecule has 0 amide bonds. The summed E-state index contributed by atoms with van der Waals surface area (Å²) >= 11 is 6.09. The topological polar surface area (TPSA) is 17.1 Å². The Morgan fingerprint density at radius 1 is 2.00 bits per heavy atom. The normalized spacial score (nSPS) is 11.2. The third kappa shape index (κ3) is 4.74. The molecule has 0 aromatic rings. The Bertz CT molecular complexity index is 46.9. The summed E-state index contributed by atoms with van der Waals surface area (Å²) in [6.45, 7) is 0. The van der Waals surface area contributed by atoms with E-state index in [4.69, 9.17) is 11.2 Å². The summed E-state index contributed by atoms with van der Waals surface area (Å²) < 4.78 is 9.69. The smallest absolute Gasteiger partial charge is 0.0361 e. The van der Waals surface area contributed by atoms with Crippen molar-refractivity contribution >= 4 is 29.0 Å². The van der Waals surface area contributed by atoms with E-state index in [9.17, 15) is 4.57 Å². The first kappa shape index (κ1) is 5.74. The summed E-state index contributed by atoms with van der Waals surface area (Å²) in [6, 6.07) is 0. The lowest BCUT2D eigenvalue weighted by Gasteiger charge is -1.47. The summed E-state index contributed by atoms with van der Waals surface area (Å²) in [5.41, 5.74) is 0. The molecule has 0 aliphatic carbocycles. The number of halogens is 1. The molecule has 0 rings (SSSR count). The van der Waals surface area contributed by atoms with Gasteiger partial charge in [-0.2, -0.15) is 0 Å². The molecular weight excluding hydrogens is 127 g/mol. The zero-order valence-electron chi connectivity index (χ0n) is 2.64. The standard InChI is InChI=1S/CH3ClOPS/c1-5-4(2)3/h1H3/q+1. The van der Waals surface area contributed by atoms with Crippen molar-refractivity contribution < 1.29 is 4.57 Å². The lowest BCUT2D eigenvalue weighted by Crippen LogP contribution is -1.23. The highest BCUT2D eigenvalue weighted by Gasteiger charge is 2.04. The quantitative estimate of drug-likeness (QED) is 0.505. The average Bonchev–Trinajstić information content (AvgIpc) is 1.38.